The summed E-state index contributed by atoms with van der Waals surface area (Å²) in [5.41, 5.74) is 5.16. The van der Waals surface area contributed by atoms with Crippen LogP contribution in [0.3, 0.4) is 0 Å². The lowest BCUT2D eigenvalue weighted by atomic mass is 10.0. The highest BCUT2D eigenvalue weighted by Gasteiger charge is 2.25. The van der Waals surface area contributed by atoms with Crippen molar-refractivity contribution in [2.24, 2.45) is 12.0 Å². The Bertz CT molecular complexity index is 767. The van der Waals surface area contributed by atoms with Gasteiger partial charge in [-0.1, -0.05) is 23.8 Å². The number of hydrogen-bond acceptors (Lipinski definition) is 3. The van der Waals surface area contributed by atoms with Crippen molar-refractivity contribution < 1.29 is 4.74 Å². The van der Waals surface area contributed by atoms with Crippen molar-refractivity contribution in [3.63, 3.8) is 0 Å². The molecule has 2 heterocycles. The Labute approximate surface area is 155 Å². The molecule has 1 atom stereocenters. The Balaban J connectivity index is 1.56. The molecule has 0 radical (unpaired) electrons. The van der Waals surface area contributed by atoms with Crippen molar-refractivity contribution in [2.75, 3.05) is 33.3 Å². The topological polar surface area (TPSA) is 54.7 Å². The van der Waals surface area contributed by atoms with E-state index < -0.39 is 0 Å². The average Bonchev–Trinajstić information content (AvgIpc) is 3.07. The van der Waals surface area contributed by atoms with Gasteiger partial charge in [-0.15, -0.1) is 0 Å². The number of guanidine groups is 1. The van der Waals surface area contributed by atoms with Gasteiger partial charge in [0.05, 0.1) is 19.3 Å². The third-order valence-electron chi connectivity index (χ3n) is 4.85. The molecule has 6 heteroatoms. The molecular formula is C20H29N5O. The largest absolute Gasteiger partial charge is 0.370 e. The lowest BCUT2D eigenvalue weighted by molar-refractivity contribution is -0.00800. The molecule has 1 N–H and O–H groups in total. The molecule has 0 saturated carbocycles. The number of aromatic nitrogens is 2. The number of aliphatic imine (C=N–C) groups is 1. The first-order valence-corrected chi connectivity index (χ1v) is 9.18. The molecule has 0 amide bonds. The summed E-state index contributed by atoms with van der Waals surface area (Å²) in [6.45, 7) is 7.50. The second-order valence-corrected chi connectivity index (χ2v) is 6.91. The normalized spacial score (nSPS) is 18.2. The number of ether oxygens (including phenoxy) is 1. The van der Waals surface area contributed by atoms with Crippen molar-refractivity contribution in [3.8, 4) is 0 Å². The monoisotopic (exact) mass is 355 g/mol. The van der Waals surface area contributed by atoms with Crippen LogP contribution >= 0.6 is 0 Å². The van der Waals surface area contributed by atoms with Crippen LogP contribution in [0.15, 0.2) is 35.6 Å². The van der Waals surface area contributed by atoms with Crippen LogP contribution in [0.2, 0.25) is 0 Å². The van der Waals surface area contributed by atoms with E-state index in [2.05, 4.69) is 52.4 Å². The fraction of sp³-hybridized carbons (Fsp3) is 0.500. The molecule has 1 aromatic heterocycles. The first-order valence-electron chi connectivity index (χ1n) is 9.18. The molecule has 1 saturated heterocycles. The molecule has 3 rings (SSSR count). The number of rotatable bonds is 4. The molecule has 1 fully saturated rings. The summed E-state index contributed by atoms with van der Waals surface area (Å²) in [5, 5.41) is 7.76. The third-order valence-corrected chi connectivity index (χ3v) is 4.85. The van der Waals surface area contributed by atoms with Gasteiger partial charge in [-0.2, -0.15) is 5.10 Å². The number of aryl methyl sites for hydroxylation is 3. The Morgan fingerprint density at radius 3 is 2.92 bits per heavy atom. The molecule has 140 valence electrons. The average molecular weight is 355 g/mol. The fourth-order valence-corrected chi connectivity index (χ4v) is 3.42. The van der Waals surface area contributed by atoms with Gasteiger partial charge in [0.1, 0.15) is 6.10 Å². The van der Waals surface area contributed by atoms with Gasteiger partial charge in [0, 0.05) is 38.9 Å². The van der Waals surface area contributed by atoms with Crippen LogP contribution in [0.25, 0.3) is 0 Å². The highest BCUT2D eigenvalue weighted by molar-refractivity contribution is 5.80. The van der Waals surface area contributed by atoms with Gasteiger partial charge >= 0.3 is 0 Å². The molecule has 1 aromatic carbocycles. The zero-order valence-corrected chi connectivity index (χ0v) is 16.2. The van der Waals surface area contributed by atoms with Gasteiger partial charge in [-0.25, -0.2) is 0 Å². The summed E-state index contributed by atoms with van der Waals surface area (Å²) >= 11 is 0. The SMILES string of the molecule is CN=C(NCCc1ccc(C)cc1C)N1CCOC(c2cnn(C)c2)C1. The predicted molar refractivity (Wildman–Crippen MR) is 104 cm³/mol. The molecule has 1 aliphatic rings. The second kappa shape index (κ2) is 8.36. The Morgan fingerprint density at radius 2 is 2.23 bits per heavy atom. The highest BCUT2D eigenvalue weighted by Crippen LogP contribution is 2.21. The quantitative estimate of drug-likeness (QED) is 0.675. The number of nitrogens with zero attached hydrogens (tertiary/aromatic N) is 4. The van der Waals surface area contributed by atoms with E-state index in [0.717, 1.165) is 37.6 Å². The van der Waals surface area contributed by atoms with Crippen LogP contribution in [-0.2, 0) is 18.2 Å². The standard InChI is InChI=1S/C20H29N5O/c1-15-5-6-17(16(2)11-15)7-8-22-20(21-3)25-9-10-26-19(14-25)18-12-23-24(4)13-18/h5-6,11-13,19H,7-10,14H2,1-4H3,(H,21,22). The minimum Gasteiger partial charge on any atom is -0.370 e. The van der Waals surface area contributed by atoms with Crippen molar-refractivity contribution in [1.82, 2.24) is 20.0 Å². The van der Waals surface area contributed by atoms with E-state index in [0.29, 0.717) is 6.61 Å². The van der Waals surface area contributed by atoms with Crippen molar-refractivity contribution >= 4 is 5.96 Å². The first kappa shape index (κ1) is 18.5. The summed E-state index contributed by atoms with van der Waals surface area (Å²) in [4.78, 5) is 6.73. The molecule has 1 unspecified atom stereocenters. The van der Waals surface area contributed by atoms with Crippen LogP contribution in [0.5, 0.6) is 0 Å². The summed E-state index contributed by atoms with van der Waals surface area (Å²) in [7, 11) is 3.77. The minimum absolute atomic E-state index is 0.0374. The van der Waals surface area contributed by atoms with E-state index in [1.165, 1.54) is 16.7 Å². The zero-order valence-electron chi connectivity index (χ0n) is 16.2. The number of nitrogens with one attached hydrogen (secondary N) is 1. The maximum absolute atomic E-state index is 5.93. The maximum Gasteiger partial charge on any atom is 0.193 e. The van der Waals surface area contributed by atoms with Crippen LogP contribution in [0.1, 0.15) is 28.4 Å². The van der Waals surface area contributed by atoms with Gasteiger partial charge in [-0.05, 0) is 31.4 Å². The zero-order chi connectivity index (χ0) is 18.5. The summed E-state index contributed by atoms with van der Waals surface area (Å²) in [6, 6.07) is 6.64. The molecular weight excluding hydrogens is 326 g/mol. The second-order valence-electron chi connectivity index (χ2n) is 6.91. The van der Waals surface area contributed by atoms with Crippen molar-refractivity contribution in [3.05, 3.63) is 52.8 Å². The maximum atomic E-state index is 5.93. The van der Waals surface area contributed by atoms with Crippen LogP contribution in [-0.4, -0.2) is 53.9 Å². The molecule has 2 aromatic rings. The highest BCUT2D eigenvalue weighted by atomic mass is 16.5. The molecule has 26 heavy (non-hydrogen) atoms. The third kappa shape index (κ3) is 4.43. The number of hydrogen-bond donors (Lipinski definition) is 1. The molecule has 1 aliphatic heterocycles. The van der Waals surface area contributed by atoms with Crippen molar-refractivity contribution in [1.29, 1.82) is 0 Å². The minimum atomic E-state index is 0.0374. The van der Waals surface area contributed by atoms with Gasteiger partial charge < -0.3 is 15.0 Å². The van der Waals surface area contributed by atoms with E-state index in [-0.39, 0.29) is 6.10 Å². The van der Waals surface area contributed by atoms with Crippen LogP contribution < -0.4 is 5.32 Å². The lowest BCUT2D eigenvalue weighted by Gasteiger charge is -2.34. The first-order chi connectivity index (χ1) is 12.6. The number of benzene rings is 1. The molecule has 0 aliphatic carbocycles. The summed E-state index contributed by atoms with van der Waals surface area (Å²) < 4.78 is 7.74. The van der Waals surface area contributed by atoms with E-state index in [1.807, 2.05) is 31.2 Å². The Kier molecular flexibility index (Phi) is 5.93. The van der Waals surface area contributed by atoms with E-state index in [9.17, 15) is 0 Å². The van der Waals surface area contributed by atoms with E-state index in [1.54, 1.807) is 0 Å². The van der Waals surface area contributed by atoms with Gasteiger partial charge in [0.25, 0.3) is 0 Å². The summed E-state index contributed by atoms with van der Waals surface area (Å²) in [5.74, 6) is 0.937. The lowest BCUT2D eigenvalue weighted by Crippen LogP contribution is -2.48. The van der Waals surface area contributed by atoms with E-state index in [4.69, 9.17) is 4.74 Å². The van der Waals surface area contributed by atoms with Crippen molar-refractivity contribution in [2.45, 2.75) is 26.4 Å². The van der Waals surface area contributed by atoms with Gasteiger partial charge in [-0.3, -0.25) is 9.67 Å². The predicted octanol–water partition coefficient (Wildman–Crippen LogP) is 2.23. The number of morpholine rings is 1. The van der Waals surface area contributed by atoms with Gasteiger partial charge in [0.2, 0.25) is 0 Å². The Hall–Kier alpha value is -2.34. The van der Waals surface area contributed by atoms with E-state index >= 15 is 0 Å². The molecule has 6 nitrogen and oxygen atoms in total. The smallest absolute Gasteiger partial charge is 0.193 e. The van der Waals surface area contributed by atoms with Crippen LogP contribution in [0.4, 0.5) is 0 Å². The van der Waals surface area contributed by atoms with Crippen LogP contribution in [0, 0.1) is 13.8 Å². The molecule has 0 bridgehead atoms. The Morgan fingerprint density at radius 1 is 1.38 bits per heavy atom. The molecule has 0 spiro atoms. The van der Waals surface area contributed by atoms with Gasteiger partial charge in [0.15, 0.2) is 5.96 Å². The fourth-order valence-electron chi connectivity index (χ4n) is 3.42. The summed E-state index contributed by atoms with van der Waals surface area (Å²) in [6.07, 6.45) is 4.92.